The van der Waals surface area contributed by atoms with Gasteiger partial charge in [0.15, 0.2) is 5.11 Å². The maximum absolute atomic E-state index is 5.68. The first kappa shape index (κ1) is 9.58. The Morgan fingerprint density at radius 2 is 1.75 bits per heavy atom. The maximum atomic E-state index is 5.68. The number of nitrogens with two attached hydrogens (primary N) is 2. The molecule has 0 aromatic heterocycles. The van der Waals surface area contributed by atoms with Crippen molar-refractivity contribution in [1.29, 1.82) is 0 Å². The molecule has 2 aliphatic carbocycles. The molecule has 64 valence electrons. The largest absolute Gasteiger partial charge is 0.377 e. The zero-order chi connectivity index (χ0) is 9.30. The van der Waals surface area contributed by atoms with Crippen LogP contribution < -0.4 is 11.5 Å². The second-order valence-electron chi connectivity index (χ2n) is 2.22. The van der Waals surface area contributed by atoms with Gasteiger partial charge in [-0.2, -0.15) is 0 Å². The van der Waals surface area contributed by atoms with Gasteiger partial charge < -0.3 is 11.5 Å². The fourth-order valence-electron chi connectivity index (χ4n) is 0.757. The molecule has 0 aromatic rings. The molecule has 0 radical (unpaired) electrons. The lowest BCUT2D eigenvalue weighted by molar-refractivity contribution is 1.65. The monoisotopic (exact) mass is 220 g/mol. The quantitative estimate of drug-likeness (QED) is 0.670. The van der Waals surface area contributed by atoms with Crippen LogP contribution in [0, 0.1) is 0 Å². The van der Waals surface area contributed by atoms with Crippen LogP contribution in [0.4, 0.5) is 0 Å². The van der Waals surface area contributed by atoms with Gasteiger partial charge in [-0.15, -0.1) is 0 Å². The highest BCUT2D eigenvalue weighted by Crippen LogP contribution is 2.46. The van der Waals surface area contributed by atoms with Gasteiger partial charge in [0, 0.05) is 5.56 Å². The summed E-state index contributed by atoms with van der Waals surface area (Å²) in [5, 5.41) is 1.39. The fourth-order valence-corrected chi connectivity index (χ4v) is 1.20. The smallest absolute Gasteiger partial charge is 0.160 e. The van der Waals surface area contributed by atoms with Gasteiger partial charge in [0.2, 0.25) is 0 Å². The Morgan fingerprint density at radius 1 is 1.25 bits per heavy atom. The Balaban J connectivity index is 0.000000157. The van der Waals surface area contributed by atoms with Crippen LogP contribution in [0.3, 0.4) is 0 Å². The molecule has 0 atom stereocenters. The summed E-state index contributed by atoms with van der Waals surface area (Å²) >= 11 is 15.4. The number of hydrogen-bond acceptors (Lipinski definition) is 1. The normalized spacial score (nSPS) is 9.83. The highest BCUT2D eigenvalue weighted by Gasteiger charge is 2.19. The fraction of sp³-hybridized carbons (Fsp3) is 0. The molecular formula is C7H6Cl2N2S. The van der Waals surface area contributed by atoms with E-state index in [2.05, 4.69) is 23.7 Å². The van der Waals surface area contributed by atoms with E-state index in [9.17, 15) is 0 Å². The average molecular weight is 221 g/mol. The van der Waals surface area contributed by atoms with Crippen LogP contribution >= 0.6 is 35.4 Å². The summed E-state index contributed by atoms with van der Waals surface area (Å²) in [4.78, 5) is 0. The van der Waals surface area contributed by atoms with E-state index in [0.717, 1.165) is 5.56 Å². The molecule has 0 aliphatic heterocycles. The lowest BCUT2D eigenvalue weighted by Crippen LogP contribution is -2.18. The van der Waals surface area contributed by atoms with Crippen molar-refractivity contribution in [1.82, 2.24) is 0 Å². The summed E-state index contributed by atoms with van der Waals surface area (Å²) in [6.07, 6.45) is 0. The molecule has 5 heteroatoms. The van der Waals surface area contributed by atoms with Gasteiger partial charge in [-0.05, 0) is 29.9 Å². The third kappa shape index (κ3) is 2.24. The molecule has 0 amide bonds. The Bertz CT molecular complexity index is 334. The summed E-state index contributed by atoms with van der Waals surface area (Å²) in [5.41, 5.74) is 11.6. The van der Waals surface area contributed by atoms with Crippen molar-refractivity contribution in [2.24, 2.45) is 11.5 Å². The molecule has 0 saturated carbocycles. The van der Waals surface area contributed by atoms with Crippen molar-refractivity contribution in [3.05, 3.63) is 22.2 Å². The molecule has 0 saturated heterocycles. The van der Waals surface area contributed by atoms with Crippen LogP contribution in [-0.4, -0.2) is 5.11 Å². The van der Waals surface area contributed by atoms with E-state index in [4.69, 9.17) is 23.2 Å². The Morgan fingerprint density at radius 3 is 1.92 bits per heavy atom. The van der Waals surface area contributed by atoms with Crippen LogP contribution in [0.5, 0.6) is 0 Å². The van der Waals surface area contributed by atoms with E-state index in [1.807, 2.05) is 12.1 Å². The van der Waals surface area contributed by atoms with Gasteiger partial charge in [0.05, 0.1) is 10.0 Å². The van der Waals surface area contributed by atoms with E-state index in [1.165, 1.54) is 5.56 Å². The van der Waals surface area contributed by atoms with E-state index in [1.54, 1.807) is 0 Å². The molecule has 2 rings (SSSR count). The Kier molecular flexibility index (Phi) is 2.77. The van der Waals surface area contributed by atoms with Gasteiger partial charge in [-0.1, -0.05) is 23.2 Å². The molecule has 12 heavy (non-hydrogen) atoms. The van der Waals surface area contributed by atoms with Crippen molar-refractivity contribution < 1.29 is 0 Å². The van der Waals surface area contributed by atoms with Crippen molar-refractivity contribution in [3.63, 3.8) is 0 Å². The second-order valence-corrected chi connectivity index (χ2v) is 3.48. The topological polar surface area (TPSA) is 52.0 Å². The molecule has 0 fully saturated rings. The predicted molar refractivity (Wildman–Crippen MR) is 56.4 cm³/mol. The Hall–Kier alpha value is -0.510. The number of thiocarbonyl (C=S) groups is 1. The number of rotatable bonds is 0. The number of benzene rings is 1. The van der Waals surface area contributed by atoms with Gasteiger partial charge in [-0.3, -0.25) is 0 Å². The summed E-state index contributed by atoms with van der Waals surface area (Å²) in [5.74, 6) is 0. The van der Waals surface area contributed by atoms with E-state index in [-0.39, 0.29) is 5.11 Å². The third-order valence-corrected chi connectivity index (χ3v) is 2.06. The predicted octanol–water partition coefficient (Wildman–Crippen LogP) is 2.16. The van der Waals surface area contributed by atoms with E-state index >= 15 is 0 Å². The minimum absolute atomic E-state index is 0.000000000000000222. The maximum Gasteiger partial charge on any atom is 0.160 e. The zero-order valence-electron chi connectivity index (χ0n) is 5.97. The molecule has 2 aliphatic rings. The summed E-state index contributed by atoms with van der Waals surface area (Å²) in [6, 6.07) is 3.88. The molecule has 0 spiro atoms. The average Bonchev–Trinajstić information content (AvgIpc) is 2.59. The minimum Gasteiger partial charge on any atom is -0.377 e. The van der Waals surface area contributed by atoms with Crippen molar-refractivity contribution in [2.45, 2.75) is 0 Å². The van der Waals surface area contributed by atoms with Gasteiger partial charge in [0.25, 0.3) is 0 Å². The Labute approximate surface area is 85.4 Å². The number of fused-ring (bicyclic) bond motifs is 1. The standard InChI is InChI=1S/C6H2Cl2.CH4N2S/c7-5-2-3-1-4(3)6(5)8;2-1(3)4/h1-2H;(H4,2,3,4). The lowest BCUT2D eigenvalue weighted by atomic mass is 10.5. The molecule has 0 bridgehead atoms. The molecule has 4 N–H and O–H groups in total. The summed E-state index contributed by atoms with van der Waals surface area (Å²) < 4.78 is 0. The van der Waals surface area contributed by atoms with Gasteiger partial charge in [0.1, 0.15) is 0 Å². The number of halogens is 2. The van der Waals surface area contributed by atoms with Crippen LogP contribution in [0.1, 0.15) is 0 Å². The first-order valence-corrected chi connectivity index (χ1v) is 4.23. The molecule has 0 heterocycles. The van der Waals surface area contributed by atoms with Crippen LogP contribution in [-0.2, 0) is 0 Å². The third-order valence-electron chi connectivity index (χ3n) is 1.26. The summed E-state index contributed by atoms with van der Waals surface area (Å²) in [6.45, 7) is 0. The van der Waals surface area contributed by atoms with Crippen molar-refractivity contribution in [3.8, 4) is 11.1 Å². The molecular weight excluding hydrogens is 215 g/mol. The SMILES string of the molecule is Clc1cc2cc-2c1Cl.NC(N)=S. The molecule has 0 unspecified atom stereocenters. The van der Waals surface area contributed by atoms with Crippen LogP contribution in [0.25, 0.3) is 11.1 Å². The molecule has 0 aromatic carbocycles. The molecule has 2 nitrogen and oxygen atoms in total. The zero-order valence-corrected chi connectivity index (χ0v) is 8.30. The van der Waals surface area contributed by atoms with Gasteiger partial charge in [-0.25, -0.2) is 0 Å². The highest BCUT2D eigenvalue weighted by atomic mass is 35.5. The van der Waals surface area contributed by atoms with Crippen LogP contribution in [0.15, 0.2) is 12.1 Å². The van der Waals surface area contributed by atoms with E-state index < -0.39 is 0 Å². The van der Waals surface area contributed by atoms with Crippen molar-refractivity contribution >= 4 is 40.5 Å². The second kappa shape index (κ2) is 3.47. The minimum atomic E-state index is 0.000000000000000222. The van der Waals surface area contributed by atoms with Gasteiger partial charge >= 0.3 is 0 Å². The first-order chi connectivity index (χ1) is 5.52. The first-order valence-electron chi connectivity index (χ1n) is 3.06. The van der Waals surface area contributed by atoms with Crippen molar-refractivity contribution in [2.75, 3.05) is 0 Å². The summed E-state index contributed by atoms with van der Waals surface area (Å²) in [7, 11) is 0. The highest BCUT2D eigenvalue weighted by molar-refractivity contribution is 7.80. The lowest BCUT2D eigenvalue weighted by Gasteiger charge is -1.77. The van der Waals surface area contributed by atoms with E-state index in [0.29, 0.717) is 10.0 Å². The van der Waals surface area contributed by atoms with Crippen LogP contribution in [0.2, 0.25) is 10.0 Å². The number of hydrogen-bond donors (Lipinski definition) is 2.